The summed E-state index contributed by atoms with van der Waals surface area (Å²) in [5.74, 6) is -5.42. The van der Waals surface area contributed by atoms with Crippen molar-refractivity contribution in [1.29, 1.82) is 0 Å². The number of aromatic nitrogens is 2. The molecule has 2 fully saturated rings. The molecule has 0 bridgehead atoms. The molecule has 0 radical (unpaired) electrons. The van der Waals surface area contributed by atoms with Crippen molar-refractivity contribution in [3.05, 3.63) is 46.7 Å². The molecule has 2 N–H and O–H groups in total. The summed E-state index contributed by atoms with van der Waals surface area (Å²) >= 11 is 1.48. The van der Waals surface area contributed by atoms with Gasteiger partial charge in [0.1, 0.15) is 5.69 Å². The van der Waals surface area contributed by atoms with Crippen LogP contribution in [0, 0.1) is 0 Å². The molecule has 4 rings (SSSR count). The highest BCUT2D eigenvalue weighted by atomic mass is 32.1. The maximum absolute atomic E-state index is 12.6. The normalized spacial score (nSPS) is 19.4. The minimum absolute atomic E-state index is 0.0944. The minimum Gasteiger partial charge on any atom is -0.475 e. The molecule has 2 aromatic rings. The van der Waals surface area contributed by atoms with Crippen LogP contribution in [-0.4, -0.2) is 85.4 Å². The van der Waals surface area contributed by atoms with Crippen molar-refractivity contribution in [3.63, 3.8) is 0 Å². The van der Waals surface area contributed by atoms with Gasteiger partial charge in [0.25, 0.3) is 5.91 Å². The van der Waals surface area contributed by atoms with E-state index in [1.54, 1.807) is 11.7 Å². The van der Waals surface area contributed by atoms with Crippen molar-refractivity contribution in [2.45, 2.75) is 43.8 Å². The number of fused-ring (bicyclic) bond motifs is 1. The van der Waals surface area contributed by atoms with Gasteiger partial charge in [-0.15, -0.1) is 11.3 Å². The number of carboxylic acids is 2. The Bertz CT molecular complexity index is 996. The molecular weight excluding hydrogens is 522 g/mol. The first-order valence-corrected chi connectivity index (χ1v) is 11.1. The number of pyridine rings is 1. The van der Waals surface area contributed by atoms with Crippen molar-refractivity contribution in [2.75, 3.05) is 13.1 Å². The number of carbonyl (C=O) groups excluding carboxylic acids is 1. The van der Waals surface area contributed by atoms with Crippen LogP contribution in [0.4, 0.5) is 26.3 Å². The van der Waals surface area contributed by atoms with Crippen LogP contribution in [-0.2, 0) is 16.1 Å². The van der Waals surface area contributed by atoms with Gasteiger partial charge in [-0.2, -0.15) is 26.3 Å². The Kier molecular flexibility index (Phi) is 9.75. The lowest BCUT2D eigenvalue weighted by atomic mass is 10.1. The van der Waals surface area contributed by atoms with E-state index in [0.717, 1.165) is 32.5 Å². The summed E-state index contributed by atoms with van der Waals surface area (Å²) in [4.78, 5) is 43.2. The highest BCUT2D eigenvalue weighted by molar-refractivity contribution is 7.07. The Morgan fingerprint density at radius 1 is 1.00 bits per heavy atom. The van der Waals surface area contributed by atoms with E-state index in [2.05, 4.69) is 20.9 Å². The summed E-state index contributed by atoms with van der Waals surface area (Å²) < 4.78 is 63.5. The van der Waals surface area contributed by atoms with E-state index in [1.807, 2.05) is 22.5 Å². The molecule has 0 aromatic carbocycles. The van der Waals surface area contributed by atoms with Crippen LogP contribution in [0.25, 0.3) is 0 Å². The Balaban J connectivity index is 0.000000271. The lowest BCUT2D eigenvalue weighted by Gasteiger charge is -2.25. The lowest BCUT2D eigenvalue weighted by molar-refractivity contribution is -0.193. The number of hydrogen-bond donors (Lipinski definition) is 2. The largest absolute Gasteiger partial charge is 0.490 e. The van der Waals surface area contributed by atoms with E-state index in [1.165, 1.54) is 16.9 Å². The Hall–Kier alpha value is -3.27. The Labute approximate surface area is 204 Å². The van der Waals surface area contributed by atoms with E-state index in [0.29, 0.717) is 17.8 Å². The van der Waals surface area contributed by atoms with Crippen molar-refractivity contribution in [2.24, 2.45) is 0 Å². The zero-order valence-corrected chi connectivity index (χ0v) is 19.1. The minimum atomic E-state index is -5.08. The van der Waals surface area contributed by atoms with Crippen LogP contribution in [0.15, 0.2) is 35.4 Å². The zero-order chi connectivity index (χ0) is 27.1. The fraction of sp³-hybridized carbons (Fsp3) is 0.450. The quantitative estimate of drug-likeness (QED) is 0.567. The van der Waals surface area contributed by atoms with Crippen LogP contribution in [0.5, 0.6) is 0 Å². The molecule has 2 saturated heterocycles. The van der Waals surface area contributed by atoms with Gasteiger partial charge in [-0.1, -0.05) is 6.07 Å². The fourth-order valence-corrected chi connectivity index (χ4v) is 4.24. The summed E-state index contributed by atoms with van der Waals surface area (Å²) in [5.41, 5.74) is 3.56. The molecule has 2 aromatic heterocycles. The van der Waals surface area contributed by atoms with Crippen LogP contribution >= 0.6 is 11.3 Å². The molecule has 9 nitrogen and oxygen atoms in total. The Morgan fingerprint density at radius 2 is 1.58 bits per heavy atom. The molecule has 2 atom stereocenters. The summed E-state index contributed by atoms with van der Waals surface area (Å²) in [6.45, 7) is 2.81. The third kappa shape index (κ3) is 8.15. The van der Waals surface area contributed by atoms with Crippen LogP contribution in [0.2, 0.25) is 0 Å². The smallest absolute Gasteiger partial charge is 0.475 e. The number of hydrogen-bond acceptors (Lipinski definition) is 7. The van der Waals surface area contributed by atoms with Gasteiger partial charge in [-0.25, -0.2) is 14.6 Å². The number of halogens is 6. The number of alkyl halides is 6. The van der Waals surface area contributed by atoms with Gasteiger partial charge in [-0.3, -0.25) is 14.7 Å². The molecule has 0 spiro atoms. The lowest BCUT2D eigenvalue weighted by Crippen LogP contribution is -2.39. The monoisotopic (exact) mass is 542 g/mol. The van der Waals surface area contributed by atoms with E-state index >= 15 is 0 Å². The topological polar surface area (TPSA) is 124 Å². The van der Waals surface area contributed by atoms with E-state index in [9.17, 15) is 31.1 Å². The molecule has 0 unspecified atom stereocenters. The number of rotatable bonds is 3. The summed E-state index contributed by atoms with van der Waals surface area (Å²) in [7, 11) is 0. The summed E-state index contributed by atoms with van der Waals surface area (Å²) in [6, 6.07) is 4.91. The third-order valence-corrected chi connectivity index (χ3v) is 5.78. The zero-order valence-electron chi connectivity index (χ0n) is 18.2. The molecule has 36 heavy (non-hydrogen) atoms. The van der Waals surface area contributed by atoms with Gasteiger partial charge in [0.2, 0.25) is 0 Å². The second-order valence-electron chi connectivity index (χ2n) is 7.52. The van der Waals surface area contributed by atoms with Crippen molar-refractivity contribution < 1.29 is 50.9 Å². The Morgan fingerprint density at radius 3 is 2.06 bits per heavy atom. The molecule has 198 valence electrons. The summed E-state index contributed by atoms with van der Waals surface area (Å²) in [5, 5.41) is 16.1. The maximum Gasteiger partial charge on any atom is 0.490 e. The molecule has 0 saturated carbocycles. The van der Waals surface area contributed by atoms with Crippen molar-refractivity contribution >= 4 is 29.2 Å². The third-order valence-electron chi connectivity index (χ3n) is 5.20. The SMILES string of the molecule is O=C(O)C(F)(F)F.O=C(O)C(F)(F)F.O=C(c1cscn1)N1CC[C@@H]2[C@@H]1CCN2Cc1cccnc1. The molecule has 0 aliphatic carbocycles. The first-order chi connectivity index (χ1) is 16.7. The molecule has 16 heteroatoms. The number of likely N-dealkylation sites (tertiary alicyclic amines) is 2. The molecule has 2 aliphatic rings. The van der Waals surface area contributed by atoms with Gasteiger partial charge in [0.05, 0.1) is 5.51 Å². The van der Waals surface area contributed by atoms with E-state index in [4.69, 9.17) is 19.8 Å². The number of thiazole rings is 1. The van der Waals surface area contributed by atoms with E-state index in [-0.39, 0.29) is 5.91 Å². The van der Waals surface area contributed by atoms with Gasteiger partial charge >= 0.3 is 24.3 Å². The number of nitrogens with zero attached hydrogens (tertiary/aromatic N) is 4. The average Bonchev–Trinajstić information content (AvgIpc) is 3.53. The average molecular weight is 542 g/mol. The van der Waals surface area contributed by atoms with Gasteiger partial charge < -0.3 is 15.1 Å². The second kappa shape index (κ2) is 12.1. The molecule has 1 amide bonds. The standard InChI is InChI=1S/C16H18N4OS.2C2HF3O2/c21-16(13-10-22-11-18-13)20-7-4-14-15(20)3-6-19(14)9-12-2-1-5-17-8-12;2*3-2(4,5)1(6)7/h1-2,5,8,10-11,14-15H,3-4,6-7,9H2;2*(H,6,7)/t14-,15+;;/m1../s1. The van der Waals surface area contributed by atoms with Crippen LogP contribution < -0.4 is 0 Å². The predicted octanol–water partition coefficient (Wildman–Crippen LogP) is 3.29. The van der Waals surface area contributed by atoms with Crippen molar-refractivity contribution in [3.8, 4) is 0 Å². The van der Waals surface area contributed by atoms with Crippen LogP contribution in [0.3, 0.4) is 0 Å². The van der Waals surface area contributed by atoms with Crippen molar-refractivity contribution in [1.82, 2.24) is 19.8 Å². The van der Waals surface area contributed by atoms with Gasteiger partial charge in [0.15, 0.2) is 0 Å². The van der Waals surface area contributed by atoms with Gasteiger partial charge in [0, 0.05) is 49.5 Å². The van der Waals surface area contributed by atoms with Crippen LogP contribution in [0.1, 0.15) is 28.9 Å². The second-order valence-corrected chi connectivity index (χ2v) is 8.24. The van der Waals surface area contributed by atoms with Gasteiger partial charge in [-0.05, 0) is 24.5 Å². The number of carbonyl (C=O) groups is 3. The highest BCUT2D eigenvalue weighted by Gasteiger charge is 2.44. The predicted molar refractivity (Wildman–Crippen MR) is 112 cm³/mol. The first-order valence-electron chi connectivity index (χ1n) is 10.1. The molecular formula is C20H20F6N4O5S. The van der Waals surface area contributed by atoms with E-state index < -0.39 is 24.3 Å². The number of amides is 1. The maximum atomic E-state index is 12.6. The summed E-state index contributed by atoms with van der Waals surface area (Å²) in [6.07, 6.45) is -4.32. The first kappa shape index (κ1) is 29.0. The molecule has 4 heterocycles. The highest BCUT2D eigenvalue weighted by Crippen LogP contribution is 2.33. The number of aliphatic carboxylic acids is 2. The number of carboxylic acid groups (broad SMARTS) is 2. The molecule has 2 aliphatic heterocycles. The fourth-order valence-electron chi connectivity index (χ4n) is 3.72.